The van der Waals surface area contributed by atoms with Crippen LogP contribution in [0.5, 0.6) is 0 Å². The van der Waals surface area contributed by atoms with Gasteiger partial charge in [0.05, 0.1) is 6.42 Å². The zero-order valence-corrected chi connectivity index (χ0v) is 6.48. The Morgan fingerprint density at radius 3 is 2.42 bits per heavy atom. The Morgan fingerprint density at radius 1 is 1.33 bits per heavy atom. The Hall–Kier alpha value is -0.780. The highest BCUT2D eigenvalue weighted by Crippen LogP contribution is 2.21. The molecule has 0 spiro atoms. The summed E-state index contributed by atoms with van der Waals surface area (Å²) < 4.78 is 39.4. The molecule has 0 radical (unpaired) electrons. The van der Waals surface area contributed by atoms with Crippen molar-refractivity contribution in [3.05, 3.63) is 11.2 Å². The number of halogens is 4. The molecule has 0 unspecified atom stereocenters. The largest absolute Gasteiger partial charge is 0.412 e. The number of aromatic nitrogens is 2. The molecule has 0 atom stereocenters. The smallest absolute Gasteiger partial charge is 0.389 e. The molecular formula is C5H4ClF3N2O. The number of alkyl halides is 3. The lowest BCUT2D eigenvalue weighted by Crippen LogP contribution is -2.08. The van der Waals surface area contributed by atoms with Gasteiger partial charge in [-0.3, -0.25) is 0 Å². The molecule has 0 bridgehead atoms. The molecule has 0 N–H and O–H groups in total. The minimum absolute atomic E-state index is 0.0997. The lowest BCUT2D eigenvalue weighted by Gasteiger charge is -2.01. The van der Waals surface area contributed by atoms with Gasteiger partial charge in [-0.05, 0) is 11.6 Å². The third-order valence-electron chi connectivity index (χ3n) is 1.06. The Labute approximate surface area is 70.5 Å². The average Bonchev–Trinajstić information content (AvgIpc) is 2.30. The van der Waals surface area contributed by atoms with E-state index in [1.807, 2.05) is 0 Å². The van der Waals surface area contributed by atoms with Crippen LogP contribution in [0.15, 0.2) is 4.42 Å². The maximum absolute atomic E-state index is 11.6. The molecule has 3 nitrogen and oxygen atoms in total. The third-order valence-corrected chi connectivity index (χ3v) is 1.22. The van der Waals surface area contributed by atoms with Crippen molar-refractivity contribution in [1.29, 1.82) is 0 Å². The van der Waals surface area contributed by atoms with Crippen molar-refractivity contribution in [3.8, 4) is 0 Å². The molecule has 1 heterocycles. The third kappa shape index (κ3) is 3.08. The van der Waals surface area contributed by atoms with Gasteiger partial charge < -0.3 is 4.42 Å². The van der Waals surface area contributed by atoms with E-state index in [1.165, 1.54) is 0 Å². The van der Waals surface area contributed by atoms with Gasteiger partial charge in [-0.15, -0.1) is 5.10 Å². The molecule has 0 saturated carbocycles. The quantitative estimate of drug-likeness (QED) is 0.735. The minimum atomic E-state index is -4.21. The molecule has 0 aliphatic heterocycles. The zero-order chi connectivity index (χ0) is 9.19. The first-order chi connectivity index (χ1) is 5.47. The van der Waals surface area contributed by atoms with Crippen LogP contribution < -0.4 is 0 Å². The SMILES string of the molecule is FC(F)(F)CCc1nnc(Cl)o1. The fourth-order valence-electron chi connectivity index (χ4n) is 0.583. The molecular weight excluding hydrogens is 197 g/mol. The first-order valence-corrected chi connectivity index (χ1v) is 3.40. The van der Waals surface area contributed by atoms with Crippen LogP contribution in [0, 0.1) is 0 Å². The maximum Gasteiger partial charge on any atom is 0.389 e. The predicted octanol–water partition coefficient (Wildman–Crippen LogP) is 2.22. The van der Waals surface area contributed by atoms with E-state index in [0.29, 0.717) is 0 Å². The van der Waals surface area contributed by atoms with Crippen molar-refractivity contribution in [3.63, 3.8) is 0 Å². The summed E-state index contributed by atoms with van der Waals surface area (Å²) in [6.45, 7) is 0. The molecule has 12 heavy (non-hydrogen) atoms. The molecule has 0 aromatic carbocycles. The summed E-state index contributed by atoms with van der Waals surface area (Å²) in [5.74, 6) is -0.0997. The summed E-state index contributed by atoms with van der Waals surface area (Å²) in [6.07, 6.45) is -5.52. The highest BCUT2D eigenvalue weighted by atomic mass is 35.5. The maximum atomic E-state index is 11.6. The molecule has 7 heteroatoms. The Balaban J connectivity index is 2.44. The number of hydrogen-bond acceptors (Lipinski definition) is 3. The summed E-state index contributed by atoms with van der Waals surface area (Å²) in [6, 6.07) is 0. The van der Waals surface area contributed by atoms with Crippen LogP contribution in [-0.4, -0.2) is 16.4 Å². The van der Waals surface area contributed by atoms with E-state index in [1.54, 1.807) is 0 Å². The topological polar surface area (TPSA) is 38.9 Å². The van der Waals surface area contributed by atoms with E-state index in [4.69, 9.17) is 11.6 Å². The number of nitrogens with zero attached hydrogens (tertiary/aromatic N) is 2. The van der Waals surface area contributed by atoms with Gasteiger partial charge in [0.25, 0.3) is 0 Å². The second kappa shape index (κ2) is 3.30. The molecule has 0 saturated heterocycles. The standard InChI is InChI=1S/C5H4ClF3N2O/c6-4-11-10-3(12-4)1-2-5(7,8)9/h1-2H2. The van der Waals surface area contributed by atoms with Gasteiger partial charge in [0.1, 0.15) is 0 Å². The van der Waals surface area contributed by atoms with Gasteiger partial charge in [-0.1, -0.05) is 5.10 Å². The van der Waals surface area contributed by atoms with E-state index in [0.717, 1.165) is 0 Å². The molecule has 0 amide bonds. The lowest BCUT2D eigenvalue weighted by atomic mass is 10.3. The first kappa shape index (κ1) is 9.31. The van der Waals surface area contributed by atoms with E-state index < -0.39 is 12.6 Å². The van der Waals surface area contributed by atoms with Crippen LogP contribution in [0.1, 0.15) is 12.3 Å². The fourth-order valence-corrected chi connectivity index (χ4v) is 0.710. The minimum Gasteiger partial charge on any atom is -0.412 e. The molecule has 0 fully saturated rings. The molecule has 1 aromatic rings. The lowest BCUT2D eigenvalue weighted by molar-refractivity contribution is -0.134. The first-order valence-electron chi connectivity index (χ1n) is 3.02. The van der Waals surface area contributed by atoms with Crippen molar-refractivity contribution in [2.45, 2.75) is 19.0 Å². The van der Waals surface area contributed by atoms with Crippen LogP contribution >= 0.6 is 11.6 Å². The average molecular weight is 201 g/mol. The highest BCUT2D eigenvalue weighted by Gasteiger charge is 2.27. The molecule has 0 aliphatic rings. The fraction of sp³-hybridized carbons (Fsp3) is 0.600. The summed E-state index contributed by atoms with van der Waals surface area (Å²) >= 11 is 5.19. The van der Waals surface area contributed by atoms with E-state index in [9.17, 15) is 13.2 Å². The molecule has 1 rings (SSSR count). The summed E-state index contributed by atoms with van der Waals surface area (Å²) in [7, 11) is 0. The normalized spacial score (nSPS) is 12.0. The van der Waals surface area contributed by atoms with Crippen LogP contribution in [0.4, 0.5) is 13.2 Å². The van der Waals surface area contributed by atoms with Crippen molar-refractivity contribution in [2.75, 3.05) is 0 Å². The molecule has 0 aliphatic carbocycles. The summed E-state index contributed by atoms with van der Waals surface area (Å²) in [5, 5.41) is 6.23. The summed E-state index contributed by atoms with van der Waals surface area (Å²) in [5.41, 5.74) is 0. The van der Waals surface area contributed by atoms with Crippen molar-refractivity contribution >= 4 is 11.6 Å². The van der Waals surface area contributed by atoms with Crippen molar-refractivity contribution in [1.82, 2.24) is 10.2 Å². The van der Waals surface area contributed by atoms with Crippen LogP contribution in [0.25, 0.3) is 0 Å². The van der Waals surface area contributed by atoms with Gasteiger partial charge in [-0.25, -0.2) is 0 Å². The predicted molar refractivity (Wildman–Crippen MR) is 33.7 cm³/mol. The van der Waals surface area contributed by atoms with E-state index >= 15 is 0 Å². The number of aryl methyl sites for hydroxylation is 1. The van der Waals surface area contributed by atoms with Gasteiger partial charge >= 0.3 is 11.5 Å². The van der Waals surface area contributed by atoms with Crippen LogP contribution in [0.3, 0.4) is 0 Å². The second-order valence-corrected chi connectivity index (χ2v) is 2.39. The Morgan fingerprint density at radius 2 is 2.00 bits per heavy atom. The van der Waals surface area contributed by atoms with Gasteiger partial charge in [0.2, 0.25) is 5.89 Å². The van der Waals surface area contributed by atoms with Crippen LogP contribution in [-0.2, 0) is 6.42 Å². The van der Waals surface area contributed by atoms with Crippen molar-refractivity contribution < 1.29 is 17.6 Å². The molecule has 68 valence electrons. The second-order valence-electron chi connectivity index (χ2n) is 2.06. The number of rotatable bonds is 2. The molecule has 1 aromatic heterocycles. The van der Waals surface area contributed by atoms with Gasteiger partial charge in [0, 0.05) is 6.42 Å². The van der Waals surface area contributed by atoms with Gasteiger partial charge in [0.15, 0.2) is 0 Å². The van der Waals surface area contributed by atoms with E-state index in [2.05, 4.69) is 14.6 Å². The highest BCUT2D eigenvalue weighted by molar-refractivity contribution is 6.27. The van der Waals surface area contributed by atoms with Crippen LogP contribution in [0.2, 0.25) is 5.35 Å². The Kier molecular flexibility index (Phi) is 2.56. The monoisotopic (exact) mass is 200 g/mol. The Bertz CT molecular complexity index is 259. The van der Waals surface area contributed by atoms with Crippen molar-refractivity contribution in [2.24, 2.45) is 0 Å². The van der Waals surface area contributed by atoms with Gasteiger partial charge in [-0.2, -0.15) is 13.2 Å². The number of hydrogen-bond donors (Lipinski definition) is 0. The summed E-state index contributed by atoms with van der Waals surface area (Å²) in [4.78, 5) is 0. The zero-order valence-electron chi connectivity index (χ0n) is 5.73. The van der Waals surface area contributed by atoms with E-state index in [-0.39, 0.29) is 17.7 Å².